The molecule has 19 heavy (non-hydrogen) atoms. The number of hydrogen-bond donors (Lipinski definition) is 1. The second-order valence-corrected chi connectivity index (χ2v) is 5.35. The molecule has 3 rings (SSSR count). The van der Waals surface area contributed by atoms with Crippen LogP contribution in [0.3, 0.4) is 0 Å². The Kier molecular flexibility index (Phi) is 3.73. The average molecular weight is 264 g/mol. The van der Waals surface area contributed by atoms with Gasteiger partial charge in [0.1, 0.15) is 5.76 Å². The number of nitrogens with zero attached hydrogens (tertiary/aromatic N) is 1. The molecular formula is C14H20N2O3. The summed E-state index contributed by atoms with van der Waals surface area (Å²) < 4.78 is 10.6. The molecule has 1 atom stereocenters. The van der Waals surface area contributed by atoms with Crippen molar-refractivity contribution >= 4 is 6.03 Å². The second-order valence-electron chi connectivity index (χ2n) is 5.35. The van der Waals surface area contributed by atoms with Gasteiger partial charge in [0.25, 0.3) is 0 Å². The maximum Gasteiger partial charge on any atom is 0.318 e. The summed E-state index contributed by atoms with van der Waals surface area (Å²) in [5.74, 6) is 1.28. The number of carbonyl (C=O) groups excluding carboxylic acids is 1. The minimum atomic E-state index is 0.0193. The predicted molar refractivity (Wildman–Crippen MR) is 69.6 cm³/mol. The van der Waals surface area contributed by atoms with Crippen molar-refractivity contribution in [2.24, 2.45) is 5.92 Å². The van der Waals surface area contributed by atoms with Gasteiger partial charge in [-0.25, -0.2) is 4.79 Å². The van der Waals surface area contributed by atoms with Crippen LogP contribution in [0.1, 0.15) is 25.0 Å². The minimum absolute atomic E-state index is 0.0193. The fourth-order valence-electron chi connectivity index (χ4n) is 2.47. The number of hydrogen-bond acceptors (Lipinski definition) is 3. The summed E-state index contributed by atoms with van der Waals surface area (Å²) in [5, 5.41) is 2.93. The highest BCUT2D eigenvalue weighted by Gasteiger charge is 2.34. The van der Waals surface area contributed by atoms with Crippen molar-refractivity contribution in [3.05, 3.63) is 24.2 Å². The van der Waals surface area contributed by atoms with E-state index in [0.717, 1.165) is 44.8 Å². The van der Waals surface area contributed by atoms with E-state index in [0.29, 0.717) is 18.5 Å². The normalized spacial score (nSPS) is 22.4. The third-order valence-corrected chi connectivity index (χ3v) is 3.72. The largest absolute Gasteiger partial charge is 0.467 e. The molecule has 1 aromatic rings. The van der Waals surface area contributed by atoms with Crippen LogP contribution in [0.4, 0.5) is 4.79 Å². The third kappa shape index (κ3) is 3.29. The smallest absolute Gasteiger partial charge is 0.318 e. The molecule has 104 valence electrons. The van der Waals surface area contributed by atoms with Gasteiger partial charge in [-0.15, -0.1) is 0 Å². The Morgan fingerprint density at radius 2 is 2.32 bits per heavy atom. The zero-order valence-corrected chi connectivity index (χ0v) is 11.0. The van der Waals surface area contributed by atoms with Crippen molar-refractivity contribution in [3.63, 3.8) is 0 Å². The number of urea groups is 1. The molecule has 1 unspecified atom stereocenters. The first-order chi connectivity index (χ1) is 9.33. The molecule has 5 heteroatoms. The number of carbonyl (C=O) groups is 1. The van der Waals surface area contributed by atoms with Crippen LogP contribution in [0, 0.1) is 5.92 Å². The third-order valence-electron chi connectivity index (χ3n) is 3.72. The van der Waals surface area contributed by atoms with E-state index in [9.17, 15) is 4.79 Å². The first-order valence-electron chi connectivity index (χ1n) is 6.97. The first kappa shape index (κ1) is 12.5. The van der Waals surface area contributed by atoms with Gasteiger partial charge < -0.3 is 19.4 Å². The van der Waals surface area contributed by atoms with Gasteiger partial charge in [-0.2, -0.15) is 0 Å². The molecule has 1 saturated heterocycles. The van der Waals surface area contributed by atoms with Gasteiger partial charge in [0.2, 0.25) is 0 Å². The van der Waals surface area contributed by atoms with Crippen LogP contribution in [0.25, 0.3) is 0 Å². The van der Waals surface area contributed by atoms with Crippen LogP contribution in [0.2, 0.25) is 0 Å². The molecule has 0 radical (unpaired) electrons. The van der Waals surface area contributed by atoms with Crippen LogP contribution in [-0.2, 0) is 11.3 Å². The molecule has 0 spiro atoms. The minimum Gasteiger partial charge on any atom is -0.467 e. The standard InChI is InChI=1S/C14H20N2O3/c17-14(15-8-13-2-1-6-19-13)16(12-3-4-12)9-11-5-7-18-10-11/h1-2,6,11-12H,3-5,7-10H2,(H,15,17). The van der Waals surface area contributed by atoms with Crippen LogP contribution in [0.5, 0.6) is 0 Å². The molecule has 1 aliphatic heterocycles. The maximum atomic E-state index is 12.2. The number of amides is 2. The molecule has 1 aliphatic carbocycles. The lowest BCUT2D eigenvalue weighted by molar-refractivity contribution is 0.161. The predicted octanol–water partition coefficient (Wildman–Crippen LogP) is 1.99. The molecule has 2 heterocycles. The van der Waals surface area contributed by atoms with Crippen LogP contribution in [-0.4, -0.2) is 36.7 Å². The maximum absolute atomic E-state index is 12.2. The van der Waals surface area contributed by atoms with E-state index in [2.05, 4.69) is 5.32 Å². The van der Waals surface area contributed by atoms with E-state index in [4.69, 9.17) is 9.15 Å². The highest BCUT2D eigenvalue weighted by atomic mass is 16.5. The van der Waals surface area contributed by atoms with Crippen molar-refractivity contribution < 1.29 is 13.9 Å². The molecular weight excluding hydrogens is 244 g/mol. The van der Waals surface area contributed by atoms with Gasteiger partial charge in [0.05, 0.1) is 19.4 Å². The van der Waals surface area contributed by atoms with Gasteiger partial charge in [-0.1, -0.05) is 0 Å². The number of ether oxygens (including phenoxy) is 1. The molecule has 2 fully saturated rings. The summed E-state index contributed by atoms with van der Waals surface area (Å²) in [6.07, 6.45) is 4.94. The Bertz CT molecular complexity index is 408. The number of nitrogens with one attached hydrogen (secondary N) is 1. The van der Waals surface area contributed by atoms with Gasteiger partial charge in [0, 0.05) is 25.1 Å². The Hall–Kier alpha value is -1.49. The molecule has 1 aromatic heterocycles. The first-order valence-corrected chi connectivity index (χ1v) is 6.97. The van der Waals surface area contributed by atoms with E-state index < -0.39 is 0 Å². The molecule has 5 nitrogen and oxygen atoms in total. The van der Waals surface area contributed by atoms with Gasteiger partial charge in [-0.3, -0.25) is 0 Å². The van der Waals surface area contributed by atoms with E-state index in [-0.39, 0.29) is 6.03 Å². The molecule has 2 amide bonds. The van der Waals surface area contributed by atoms with Crippen LogP contribution < -0.4 is 5.32 Å². The lowest BCUT2D eigenvalue weighted by Crippen LogP contribution is -2.43. The van der Waals surface area contributed by atoms with Gasteiger partial charge in [0.15, 0.2) is 0 Å². The van der Waals surface area contributed by atoms with E-state index in [1.165, 1.54) is 0 Å². The summed E-state index contributed by atoms with van der Waals surface area (Å²) in [6.45, 7) is 2.89. The second kappa shape index (κ2) is 5.65. The fourth-order valence-corrected chi connectivity index (χ4v) is 2.47. The van der Waals surface area contributed by atoms with Gasteiger partial charge in [-0.05, 0) is 31.4 Å². The topological polar surface area (TPSA) is 54.7 Å². The molecule has 0 aromatic carbocycles. The lowest BCUT2D eigenvalue weighted by atomic mass is 10.1. The van der Waals surface area contributed by atoms with Gasteiger partial charge >= 0.3 is 6.03 Å². The zero-order valence-electron chi connectivity index (χ0n) is 11.0. The number of rotatable bonds is 5. The molecule has 1 N–H and O–H groups in total. The average Bonchev–Trinajstić information content (AvgIpc) is 2.94. The Balaban J connectivity index is 1.52. The van der Waals surface area contributed by atoms with Crippen molar-refractivity contribution in [2.45, 2.75) is 31.8 Å². The van der Waals surface area contributed by atoms with Crippen molar-refractivity contribution in [2.75, 3.05) is 19.8 Å². The zero-order chi connectivity index (χ0) is 13.1. The Morgan fingerprint density at radius 3 is 2.95 bits per heavy atom. The van der Waals surface area contributed by atoms with Crippen molar-refractivity contribution in [1.29, 1.82) is 0 Å². The number of furan rings is 1. The molecule has 0 bridgehead atoms. The van der Waals surface area contributed by atoms with E-state index in [1.54, 1.807) is 6.26 Å². The summed E-state index contributed by atoms with van der Waals surface area (Å²) in [4.78, 5) is 14.2. The monoisotopic (exact) mass is 264 g/mol. The molecule has 1 saturated carbocycles. The van der Waals surface area contributed by atoms with Crippen molar-refractivity contribution in [3.8, 4) is 0 Å². The lowest BCUT2D eigenvalue weighted by Gasteiger charge is -2.25. The van der Waals surface area contributed by atoms with Crippen molar-refractivity contribution in [1.82, 2.24) is 10.2 Å². The van der Waals surface area contributed by atoms with E-state index >= 15 is 0 Å². The highest BCUT2D eigenvalue weighted by Crippen LogP contribution is 2.29. The quantitative estimate of drug-likeness (QED) is 0.885. The van der Waals surface area contributed by atoms with Crippen LogP contribution in [0.15, 0.2) is 22.8 Å². The highest BCUT2D eigenvalue weighted by molar-refractivity contribution is 5.74. The fraction of sp³-hybridized carbons (Fsp3) is 0.643. The Labute approximate surface area is 112 Å². The summed E-state index contributed by atoms with van der Waals surface area (Å²) in [7, 11) is 0. The molecule has 2 aliphatic rings. The summed E-state index contributed by atoms with van der Waals surface area (Å²) in [6, 6.07) is 4.14. The Morgan fingerprint density at radius 1 is 1.42 bits per heavy atom. The summed E-state index contributed by atoms with van der Waals surface area (Å²) >= 11 is 0. The van der Waals surface area contributed by atoms with Crippen LogP contribution >= 0.6 is 0 Å². The van der Waals surface area contributed by atoms with E-state index in [1.807, 2.05) is 17.0 Å². The summed E-state index contributed by atoms with van der Waals surface area (Å²) in [5.41, 5.74) is 0. The SMILES string of the molecule is O=C(NCc1ccco1)N(CC1CCOC1)C1CC1.